The van der Waals surface area contributed by atoms with E-state index in [0.29, 0.717) is 0 Å². The fraction of sp³-hybridized carbons (Fsp3) is 0.462. The second-order valence-electron chi connectivity index (χ2n) is 4.85. The van der Waals surface area contributed by atoms with Crippen molar-refractivity contribution in [1.82, 2.24) is 0 Å². The van der Waals surface area contributed by atoms with Crippen LogP contribution in [0, 0.1) is 0 Å². The molecule has 18 heavy (non-hydrogen) atoms. The van der Waals surface area contributed by atoms with Gasteiger partial charge in [-0.3, -0.25) is 4.79 Å². The van der Waals surface area contributed by atoms with Crippen LogP contribution in [0.3, 0.4) is 0 Å². The first-order valence-electron chi connectivity index (χ1n) is 5.96. The summed E-state index contributed by atoms with van der Waals surface area (Å²) >= 11 is 0. The van der Waals surface area contributed by atoms with Gasteiger partial charge in [0.2, 0.25) is 5.91 Å². The molecule has 1 atom stereocenters. The lowest BCUT2D eigenvalue weighted by Gasteiger charge is -2.35. The van der Waals surface area contributed by atoms with Crippen LogP contribution in [-0.2, 0) is 21.1 Å². The number of sulfone groups is 1. The zero-order valence-electron chi connectivity index (χ0n) is 10.6. The molecule has 0 radical (unpaired) electrons. The molecule has 1 amide bonds. The van der Waals surface area contributed by atoms with Crippen molar-refractivity contribution in [1.29, 1.82) is 0 Å². The summed E-state index contributed by atoms with van der Waals surface area (Å²) in [6.45, 7) is 1.95. The van der Waals surface area contributed by atoms with Crippen molar-refractivity contribution in [3.8, 4) is 0 Å². The number of benzene rings is 1. The molecule has 1 aliphatic rings. The van der Waals surface area contributed by atoms with Gasteiger partial charge in [0, 0.05) is 18.0 Å². The van der Waals surface area contributed by atoms with E-state index in [9.17, 15) is 13.2 Å². The molecule has 0 fully saturated rings. The van der Waals surface area contributed by atoms with E-state index in [0.717, 1.165) is 30.3 Å². The molecule has 0 saturated carbocycles. The first-order valence-corrected chi connectivity index (χ1v) is 8.02. The first-order chi connectivity index (χ1) is 8.38. The second kappa shape index (κ2) is 4.72. The second-order valence-corrected chi connectivity index (χ2v) is 6.99. The Balaban J connectivity index is 2.35. The number of para-hydroxylation sites is 1. The van der Waals surface area contributed by atoms with Crippen LogP contribution in [0.1, 0.15) is 18.9 Å². The highest BCUT2D eigenvalue weighted by molar-refractivity contribution is 7.91. The molecule has 0 N–H and O–H groups in total. The van der Waals surface area contributed by atoms with Crippen LogP contribution in [0.15, 0.2) is 24.3 Å². The summed E-state index contributed by atoms with van der Waals surface area (Å²) < 4.78 is 22.5. The van der Waals surface area contributed by atoms with Gasteiger partial charge in [0.15, 0.2) is 9.84 Å². The summed E-state index contributed by atoms with van der Waals surface area (Å²) in [6, 6.07) is 7.73. The molecular weight excluding hydrogens is 250 g/mol. The van der Waals surface area contributed by atoms with E-state index in [1.807, 2.05) is 31.2 Å². The smallest absolute Gasteiger partial charge is 0.242 e. The summed E-state index contributed by atoms with van der Waals surface area (Å²) in [7, 11) is -3.29. The van der Waals surface area contributed by atoms with Crippen molar-refractivity contribution in [2.45, 2.75) is 25.8 Å². The van der Waals surface area contributed by atoms with Crippen LogP contribution >= 0.6 is 0 Å². The molecule has 1 unspecified atom stereocenters. The van der Waals surface area contributed by atoms with Gasteiger partial charge in [-0.2, -0.15) is 0 Å². The van der Waals surface area contributed by atoms with Gasteiger partial charge in [0.1, 0.15) is 5.75 Å². The van der Waals surface area contributed by atoms with Crippen LogP contribution in [0.4, 0.5) is 5.69 Å². The third-order valence-electron chi connectivity index (χ3n) is 3.18. The minimum atomic E-state index is -3.29. The fourth-order valence-electron chi connectivity index (χ4n) is 2.36. The Bertz CT molecular complexity index is 565. The van der Waals surface area contributed by atoms with E-state index < -0.39 is 15.6 Å². The molecule has 5 heteroatoms. The van der Waals surface area contributed by atoms with Crippen LogP contribution < -0.4 is 4.90 Å². The van der Waals surface area contributed by atoms with Gasteiger partial charge in [-0.1, -0.05) is 18.2 Å². The number of aryl methyl sites for hydroxylation is 1. The van der Waals surface area contributed by atoms with Crippen LogP contribution in [-0.4, -0.2) is 32.4 Å². The van der Waals surface area contributed by atoms with Crippen molar-refractivity contribution in [3.05, 3.63) is 29.8 Å². The summed E-state index contributed by atoms with van der Waals surface area (Å²) in [5.41, 5.74) is 1.96. The Morgan fingerprint density at radius 1 is 1.39 bits per heavy atom. The fourth-order valence-corrected chi connectivity index (χ4v) is 2.95. The molecular formula is C13H17NO3S. The summed E-state index contributed by atoms with van der Waals surface area (Å²) in [6.07, 6.45) is 2.89. The minimum Gasteiger partial charge on any atom is -0.308 e. The average Bonchev–Trinajstić information content (AvgIpc) is 2.26. The molecule has 0 aromatic heterocycles. The molecule has 2 rings (SSSR count). The minimum absolute atomic E-state index is 0.0501. The number of rotatable bonds is 2. The number of amides is 1. The van der Waals surface area contributed by atoms with Crippen molar-refractivity contribution in [3.63, 3.8) is 0 Å². The SMILES string of the molecule is CC1CCc2ccccc2N1C(=O)CS(C)(=O)=O. The van der Waals surface area contributed by atoms with Gasteiger partial charge in [-0.25, -0.2) is 8.42 Å². The van der Waals surface area contributed by atoms with Crippen molar-refractivity contribution < 1.29 is 13.2 Å². The number of nitrogens with zero attached hydrogens (tertiary/aromatic N) is 1. The summed E-state index contributed by atoms with van der Waals surface area (Å²) in [4.78, 5) is 13.8. The maximum atomic E-state index is 12.1. The number of hydrogen-bond acceptors (Lipinski definition) is 3. The van der Waals surface area contributed by atoms with E-state index in [1.54, 1.807) is 4.90 Å². The van der Waals surface area contributed by atoms with Crippen molar-refractivity contribution in [2.24, 2.45) is 0 Å². The molecule has 0 saturated heterocycles. The van der Waals surface area contributed by atoms with Crippen molar-refractivity contribution >= 4 is 21.4 Å². The molecule has 1 aliphatic heterocycles. The van der Waals surface area contributed by atoms with Gasteiger partial charge < -0.3 is 4.90 Å². The lowest BCUT2D eigenvalue weighted by Crippen LogP contribution is -2.44. The molecule has 1 heterocycles. The third kappa shape index (κ3) is 2.72. The highest BCUT2D eigenvalue weighted by Gasteiger charge is 2.29. The Morgan fingerprint density at radius 2 is 2.06 bits per heavy atom. The van der Waals surface area contributed by atoms with Crippen LogP contribution in [0.5, 0.6) is 0 Å². The highest BCUT2D eigenvalue weighted by atomic mass is 32.2. The molecule has 0 bridgehead atoms. The van der Waals surface area contributed by atoms with E-state index in [4.69, 9.17) is 0 Å². The Kier molecular flexibility index (Phi) is 3.43. The Hall–Kier alpha value is -1.36. The first kappa shape index (κ1) is 13.1. The molecule has 1 aromatic rings. The third-order valence-corrected chi connectivity index (χ3v) is 3.95. The number of anilines is 1. The number of hydrogen-bond donors (Lipinski definition) is 0. The Labute approximate surface area is 108 Å². The van der Waals surface area contributed by atoms with E-state index in [1.165, 1.54) is 0 Å². The molecule has 4 nitrogen and oxygen atoms in total. The lowest BCUT2D eigenvalue weighted by atomic mass is 9.97. The molecule has 0 aliphatic carbocycles. The van der Waals surface area contributed by atoms with Crippen LogP contribution in [0.2, 0.25) is 0 Å². The normalized spacial score (nSPS) is 19.4. The van der Waals surface area contributed by atoms with Gasteiger partial charge in [0.05, 0.1) is 0 Å². The standard InChI is InChI=1S/C13H17NO3S/c1-10-7-8-11-5-3-4-6-12(11)14(10)13(15)9-18(2,16)17/h3-6,10H,7-9H2,1-2H3. The average molecular weight is 267 g/mol. The number of fused-ring (bicyclic) bond motifs is 1. The van der Waals surface area contributed by atoms with E-state index in [-0.39, 0.29) is 11.9 Å². The predicted octanol–water partition coefficient (Wildman–Crippen LogP) is 1.40. The highest BCUT2D eigenvalue weighted by Crippen LogP contribution is 2.30. The van der Waals surface area contributed by atoms with Gasteiger partial charge in [-0.05, 0) is 31.4 Å². The zero-order valence-corrected chi connectivity index (χ0v) is 11.4. The quantitative estimate of drug-likeness (QED) is 0.814. The number of carbonyl (C=O) groups excluding carboxylic acids is 1. The summed E-state index contributed by atoms with van der Waals surface area (Å²) in [5, 5.41) is 0. The monoisotopic (exact) mass is 267 g/mol. The van der Waals surface area contributed by atoms with E-state index in [2.05, 4.69) is 0 Å². The largest absolute Gasteiger partial charge is 0.308 e. The molecule has 1 aromatic carbocycles. The molecule has 0 spiro atoms. The zero-order chi connectivity index (χ0) is 13.3. The van der Waals surface area contributed by atoms with Gasteiger partial charge in [0.25, 0.3) is 0 Å². The maximum absolute atomic E-state index is 12.1. The van der Waals surface area contributed by atoms with Crippen LogP contribution in [0.25, 0.3) is 0 Å². The molecule has 98 valence electrons. The van der Waals surface area contributed by atoms with Gasteiger partial charge in [-0.15, -0.1) is 0 Å². The summed E-state index contributed by atoms with van der Waals surface area (Å²) in [5.74, 6) is -0.761. The lowest BCUT2D eigenvalue weighted by molar-refractivity contribution is -0.116. The Morgan fingerprint density at radius 3 is 2.72 bits per heavy atom. The van der Waals surface area contributed by atoms with E-state index >= 15 is 0 Å². The topological polar surface area (TPSA) is 54.5 Å². The maximum Gasteiger partial charge on any atom is 0.242 e. The van der Waals surface area contributed by atoms with Crippen molar-refractivity contribution in [2.75, 3.05) is 16.9 Å². The van der Waals surface area contributed by atoms with Gasteiger partial charge >= 0.3 is 0 Å². The number of carbonyl (C=O) groups is 1. The predicted molar refractivity (Wildman–Crippen MR) is 71.4 cm³/mol.